The topological polar surface area (TPSA) is 89.5 Å². The summed E-state index contributed by atoms with van der Waals surface area (Å²) in [5.74, 6) is 0.613. The highest BCUT2D eigenvalue weighted by atomic mass is 32.1. The Morgan fingerprint density at radius 1 is 1.06 bits per heavy atom. The highest BCUT2D eigenvalue weighted by molar-refractivity contribution is 7.14. The van der Waals surface area contributed by atoms with Gasteiger partial charge in [-0.1, -0.05) is 31.5 Å². The predicted octanol–water partition coefficient (Wildman–Crippen LogP) is 4.53. The summed E-state index contributed by atoms with van der Waals surface area (Å²) in [5.41, 5.74) is 2.92. The van der Waals surface area contributed by atoms with Crippen molar-refractivity contribution in [1.29, 1.82) is 0 Å². The quantitative estimate of drug-likeness (QED) is 0.523. The van der Waals surface area contributed by atoms with Crippen molar-refractivity contribution in [2.45, 2.75) is 26.8 Å². The molecular weight excluding hydrogens is 426 g/mol. The monoisotopic (exact) mass is 453 g/mol. The number of amides is 2. The van der Waals surface area contributed by atoms with Crippen molar-refractivity contribution >= 4 is 28.3 Å². The maximum Gasteiger partial charge on any atom is 0.251 e. The number of carbonyl (C=O) groups is 2. The number of nitrogens with one attached hydrogen (secondary N) is 2. The Kier molecular flexibility index (Phi) is 7.48. The molecule has 8 heteroatoms. The van der Waals surface area contributed by atoms with E-state index in [1.807, 2.05) is 50.4 Å². The van der Waals surface area contributed by atoms with Gasteiger partial charge in [0.25, 0.3) is 5.91 Å². The molecule has 0 fully saturated rings. The van der Waals surface area contributed by atoms with Crippen LogP contribution >= 0.6 is 11.3 Å². The third kappa shape index (κ3) is 5.45. The molecule has 168 valence electrons. The number of ether oxygens (including phenoxy) is 2. The lowest BCUT2D eigenvalue weighted by atomic mass is 10.0. The summed E-state index contributed by atoms with van der Waals surface area (Å²) >= 11 is 1.30. The fraction of sp³-hybridized carbons (Fsp3) is 0.292. The second-order valence-electron chi connectivity index (χ2n) is 7.66. The fourth-order valence-electron chi connectivity index (χ4n) is 3.20. The standard InChI is InChI=1S/C24H27N3O4S/c1-14(2)21(26-22(28)16-8-6-7-15(3)11-16)23(29)27-24-25-19(13-32-24)18-12-17(30-4)9-10-20(18)31-5/h6-14,21H,1-5H3,(H,26,28)(H,25,27,29)/t21-/m1/s1. The lowest BCUT2D eigenvalue weighted by molar-refractivity contribution is -0.118. The third-order valence-corrected chi connectivity index (χ3v) is 5.69. The minimum atomic E-state index is -0.707. The van der Waals surface area contributed by atoms with Gasteiger partial charge in [-0.2, -0.15) is 0 Å². The normalized spacial score (nSPS) is 11.7. The Bertz CT molecular complexity index is 1110. The van der Waals surface area contributed by atoms with Crippen LogP contribution in [0.25, 0.3) is 11.3 Å². The van der Waals surface area contributed by atoms with E-state index < -0.39 is 6.04 Å². The number of aromatic nitrogens is 1. The highest BCUT2D eigenvalue weighted by Gasteiger charge is 2.26. The van der Waals surface area contributed by atoms with Gasteiger partial charge >= 0.3 is 0 Å². The van der Waals surface area contributed by atoms with Gasteiger partial charge in [-0.15, -0.1) is 11.3 Å². The molecule has 0 saturated heterocycles. The lowest BCUT2D eigenvalue weighted by Crippen LogP contribution is -2.47. The molecule has 3 rings (SSSR count). The Morgan fingerprint density at radius 3 is 2.50 bits per heavy atom. The highest BCUT2D eigenvalue weighted by Crippen LogP contribution is 2.35. The SMILES string of the molecule is COc1ccc(OC)c(-c2csc(NC(=O)[C@H](NC(=O)c3cccc(C)c3)C(C)C)n2)c1. The van der Waals surface area contributed by atoms with Gasteiger partial charge in [-0.3, -0.25) is 9.59 Å². The second-order valence-corrected chi connectivity index (χ2v) is 8.52. The molecule has 2 aromatic carbocycles. The number of benzene rings is 2. The van der Waals surface area contributed by atoms with Gasteiger partial charge in [0.2, 0.25) is 5.91 Å². The number of rotatable bonds is 8. The molecule has 0 aliphatic heterocycles. The molecule has 0 aliphatic rings. The van der Waals surface area contributed by atoms with Crippen molar-refractivity contribution in [2.24, 2.45) is 5.92 Å². The summed E-state index contributed by atoms with van der Waals surface area (Å²) in [4.78, 5) is 30.1. The molecule has 0 aliphatic carbocycles. The Balaban J connectivity index is 1.76. The van der Waals surface area contributed by atoms with Crippen LogP contribution in [0.2, 0.25) is 0 Å². The summed E-state index contributed by atoms with van der Waals surface area (Å²) in [5, 5.41) is 7.94. The van der Waals surface area contributed by atoms with E-state index in [-0.39, 0.29) is 17.7 Å². The van der Waals surface area contributed by atoms with Gasteiger partial charge < -0.3 is 20.1 Å². The van der Waals surface area contributed by atoms with Crippen molar-refractivity contribution in [3.8, 4) is 22.8 Å². The number of hydrogen-bond acceptors (Lipinski definition) is 6. The van der Waals surface area contributed by atoms with Crippen LogP contribution in [0, 0.1) is 12.8 Å². The Labute approximate surface area is 191 Å². The summed E-state index contributed by atoms with van der Waals surface area (Å²) in [6, 6.07) is 12.0. The van der Waals surface area contributed by atoms with Crippen LogP contribution in [-0.2, 0) is 4.79 Å². The van der Waals surface area contributed by atoms with E-state index in [4.69, 9.17) is 9.47 Å². The van der Waals surface area contributed by atoms with Crippen LogP contribution in [-0.4, -0.2) is 37.1 Å². The zero-order valence-corrected chi connectivity index (χ0v) is 19.6. The van der Waals surface area contributed by atoms with Crippen molar-refractivity contribution in [3.63, 3.8) is 0 Å². The molecule has 32 heavy (non-hydrogen) atoms. The summed E-state index contributed by atoms with van der Waals surface area (Å²) in [6.07, 6.45) is 0. The van der Waals surface area contributed by atoms with Gasteiger partial charge in [0.1, 0.15) is 17.5 Å². The molecule has 0 radical (unpaired) electrons. The average molecular weight is 454 g/mol. The van der Waals surface area contributed by atoms with E-state index in [0.29, 0.717) is 27.9 Å². The minimum Gasteiger partial charge on any atom is -0.497 e. The van der Waals surface area contributed by atoms with Gasteiger partial charge in [-0.25, -0.2) is 4.98 Å². The number of carbonyl (C=O) groups excluding carboxylic acids is 2. The molecule has 0 saturated carbocycles. The van der Waals surface area contributed by atoms with E-state index in [2.05, 4.69) is 15.6 Å². The van der Waals surface area contributed by atoms with Gasteiger partial charge in [0.05, 0.1) is 19.9 Å². The van der Waals surface area contributed by atoms with Crippen molar-refractivity contribution in [3.05, 3.63) is 59.0 Å². The van der Waals surface area contributed by atoms with Crippen LogP contribution in [0.4, 0.5) is 5.13 Å². The van der Waals surface area contributed by atoms with E-state index >= 15 is 0 Å². The number of hydrogen-bond donors (Lipinski definition) is 2. The summed E-state index contributed by atoms with van der Waals surface area (Å²) in [6.45, 7) is 5.69. The smallest absolute Gasteiger partial charge is 0.251 e. The molecule has 1 aromatic heterocycles. The maximum atomic E-state index is 13.0. The first-order valence-corrected chi connectivity index (χ1v) is 11.1. The number of aryl methyl sites for hydroxylation is 1. The molecule has 0 unspecified atom stereocenters. The van der Waals surface area contributed by atoms with Gasteiger partial charge in [0.15, 0.2) is 5.13 Å². The number of nitrogens with zero attached hydrogens (tertiary/aromatic N) is 1. The zero-order valence-electron chi connectivity index (χ0n) is 18.8. The van der Waals surface area contributed by atoms with E-state index in [0.717, 1.165) is 11.1 Å². The zero-order chi connectivity index (χ0) is 23.3. The van der Waals surface area contributed by atoms with Gasteiger partial charge in [-0.05, 0) is 43.2 Å². The molecule has 1 atom stereocenters. The van der Waals surface area contributed by atoms with Crippen molar-refractivity contribution < 1.29 is 19.1 Å². The van der Waals surface area contributed by atoms with Crippen LogP contribution < -0.4 is 20.1 Å². The first-order chi connectivity index (χ1) is 15.3. The Hall–Kier alpha value is -3.39. The predicted molar refractivity (Wildman–Crippen MR) is 127 cm³/mol. The first kappa shape index (κ1) is 23.3. The average Bonchev–Trinajstić information content (AvgIpc) is 3.24. The van der Waals surface area contributed by atoms with Gasteiger partial charge in [0, 0.05) is 16.5 Å². The van der Waals surface area contributed by atoms with Crippen molar-refractivity contribution in [1.82, 2.24) is 10.3 Å². The molecule has 3 aromatic rings. The maximum absolute atomic E-state index is 13.0. The second kappa shape index (κ2) is 10.3. The number of anilines is 1. The Morgan fingerprint density at radius 2 is 1.84 bits per heavy atom. The molecule has 0 spiro atoms. The van der Waals surface area contributed by atoms with Crippen LogP contribution in [0.1, 0.15) is 29.8 Å². The van der Waals surface area contributed by atoms with Crippen LogP contribution in [0.5, 0.6) is 11.5 Å². The summed E-state index contributed by atoms with van der Waals surface area (Å²) < 4.78 is 10.7. The van der Waals surface area contributed by atoms with E-state index in [1.165, 1.54) is 11.3 Å². The van der Waals surface area contributed by atoms with Crippen LogP contribution in [0.15, 0.2) is 47.8 Å². The van der Waals surface area contributed by atoms with E-state index in [1.54, 1.807) is 32.4 Å². The molecule has 1 heterocycles. The van der Waals surface area contributed by atoms with Crippen molar-refractivity contribution in [2.75, 3.05) is 19.5 Å². The molecule has 2 N–H and O–H groups in total. The number of thiazole rings is 1. The molecular formula is C24H27N3O4S. The minimum absolute atomic E-state index is 0.110. The largest absolute Gasteiger partial charge is 0.497 e. The fourth-order valence-corrected chi connectivity index (χ4v) is 3.91. The molecule has 2 amide bonds. The van der Waals surface area contributed by atoms with E-state index in [9.17, 15) is 9.59 Å². The number of methoxy groups -OCH3 is 2. The third-order valence-electron chi connectivity index (χ3n) is 4.93. The molecule has 0 bridgehead atoms. The lowest BCUT2D eigenvalue weighted by Gasteiger charge is -2.21. The first-order valence-electron chi connectivity index (χ1n) is 10.2. The molecule has 7 nitrogen and oxygen atoms in total. The van der Waals surface area contributed by atoms with Crippen LogP contribution in [0.3, 0.4) is 0 Å². The summed E-state index contributed by atoms with van der Waals surface area (Å²) in [7, 11) is 3.18.